The van der Waals surface area contributed by atoms with Crippen LogP contribution in [0.5, 0.6) is 0 Å². The van der Waals surface area contributed by atoms with E-state index in [2.05, 4.69) is 13.8 Å². The molecule has 0 saturated heterocycles. The monoisotopic (exact) mass is 485 g/mol. The Bertz CT molecular complexity index is 577. The first-order valence-electron chi connectivity index (χ1n) is 17.1. The molecular formula is C35H64. The second-order valence-electron chi connectivity index (χ2n) is 14.7. The topological polar surface area (TPSA) is 0 Å². The van der Waals surface area contributed by atoms with Crippen LogP contribution in [0.4, 0.5) is 0 Å². The summed E-state index contributed by atoms with van der Waals surface area (Å²) >= 11 is 0. The lowest BCUT2D eigenvalue weighted by molar-refractivity contribution is 0.0642. The average molecular weight is 485 g/mol. The molecular weight excluding hydrogens is 420 g/mol. The first kappa shape index (κ1) is 28.0. The highest BCUT2D eigenvalue weighted by molar-refractivity contribution is 4.91. The molecule has 0 aliphatic heterocycles. The molecule has 0 nitrogen and oxygen atoms in total. The van der Waals surface area contributed by atoms with Gasteiger partial charge in [0.1, 0.15) is 0 Å². The van der Waals surface area contributed by atoms with Crippen LogP contribution in [-0.4, -0.2) is 0 Å². The van der Waals surface area contributed by atoms with Gasteiger partial charge in [0.05, 0.1) is 0 Å². The predicted octanol–water partition coefficient (Wildman–Crippen LogP) is 12.1. The Morgan fingerprint density at radius 3 is 1.40 bits per heavy atom. The third-order valence-corrected chi connectivity index (χ3v) is 11.9. The van der Waals surface area contributed by atoms with Crippen LogP contribution in [0.1, 0.15) is 187 Å². The molecule has 0 heterocycles. The van der Waals surface area contributed by atoms with E-state index in [4.69, 9.17) is 0 Å². The molecule has 4 saturated carbocycles. The number of hydrogen-bond donors (Lipinski definition) is 0. The molecule has 0 aromatic rings. The molecule has 0 aromatic heterocycles. The minimum Gasteiger partial charge on any atom is -0.0654 e. The van der Waals surface area contributed by atoms with E-state index in [1.165, 1.54) is 77.0 Å². The zero-order chi connectivity index (χ0) is 24.4. The quantitative estimate of drug-likeness (QED) is 0.321. The molecule has 4 aliphatic carbocycles. The molecule has 4 fully saturated rings. The SMILES string of the molecule is CCCCC1CCCCCC2(CCCC(CCCC3CCCCCC4(CCCC(CC)C4)C3)C2)C1. The van der Waals surface area contributed by atoms with Crippen molar-refractivity contribution in [2.45, 2.75) is 187 Å². The summed E-state index contributed by atoms with van der Waals surface area (Å²) in [5.74, 6) is 4.23. The first-order valence-corrected chi connectivity index (χ1v) is 17.1. The molecule has 0 bridgehead atoms. The van der Waals surface area contributed by atoms with Gasteiger partial charge in [0, 0.05) is 0 Å². The predicted molar refractivity (Wildman–Crippen MR) is 155 cm³/mol. The van der Waals surface area contributed by atoms with E-state index in [0.29, 0.717) is 0 Å². The van der Waals surface area contributed by atoms with Crippen molar-refractivity contribution in [1.82, 2.24) is 0 Å². The lowest BCUT2D eigenvalue weighted by Crippen LogP contribution is -2.33. The second-order valence-corrected chi connectivity index (χ2v) is 14.7. The van der Waals surface area contributed by atoms with Gasteiger partial charge in [-0.1, -0.05) is 136 Å². The normalized spacial score (nSPS) is 39.6. The summed E-state index contributed by atoms with van der Waals surface area (Å²) in [5, 5.41) is 0. The van der Waals surface area contributed by atoms with Gasteiger partial charge in [-0.25, -0.2) is 0 Å². The fourth-order valence-corrected chi connectivity index (χ4v) is 10.1. The second kappa shape index (κ2) is 14.2. The van der Waals surface area contributed by atoms with Crippen LogP contribution in [0.2, 0.25) is 0 Å². The fraction of sp³-hybridized carbons (Fsp3) is 1.00. The summed E-state index contributed by atoms with van der Waals surface area (Å²) in [6, 6.07) is 0. The van der Waals surface area contributed by atoms with Gasteiger partial charge in [-0.3, -0.25) is 0 Å². The molecule has 204 valence electrons. The largest absolute Gasteiger partial charge is 0.0654 e. The van der Waals surface area contributed by atoms with Gasteiger partial charge in [0.25, 0.3) is 0 Å². The van der Waals surface area contributed by atoms with E-state index < -0.39 is 0 Å². The minimum atomic E-state index is 0.753. The van der Waals surface area contributed by atoms with E-state index >= 15 is 0 Å². The van der Waals surface area contributed by atoms with Crippen LogP contribution >= 0.6 is 0 Å². The van der Waals surface area contributed by atoms with Crippen LogP contribution in [0.3, 0.4) is 0 Å². The van der Waals surface area contributed by atoms with Crippen molar-refractivity contribution >= 4 is 0 Å². The summed E-state index contributed by atoms with van der Waals surface area (Å²) in [5.41, 5.74) is 1.51. The van der Waals surface area contributed by atoms with E-state index in [1.807, 2.05) is 0 Å². The molecule has 4 rings (SSSR count). The van der Waals surface area contributed by atoms with Crippen molar-refractivity contribution in [3.63, 3.8) is 0 Å². The lowest BCUT2D eigenvalue weighted by atomic mass is 9.60. The molecule has 6 atom stereocenters. The smallest absolute Gasteiger partial charge is 0.0292 e. The molecule has 6 unspecified atom stereocenters. The lowest BCUT2D eigenvalue weighted by Gasteiger charge is -2.45. The fourth-order valence-electron chi connectivity index (χ4n) is 10.1. The van der Waals surface area contributed by atoms with E-state index in [9.17, 15) is 0 Å². The summed E-state index contributed by atoms with van der Waals surface area (Å²) in [6.45, 7) is 4.85. The number of hydrogen-bond acceptors (Lipinski definition) is 0. The van der Waals surface area contributed by atoms with Gasteiger partial charge >= 0.3 is 0 Å². The van der Waals surface area contributed by atoms with E-state index in [1.54, 1.807) is 96.3 Å². The standard InChI is InChI=1S/C35H64/c1-3-5-15-31-16-8-6-11-23-35(27-31)25-14-21-33(29-35)19-12-18-32-17-9-7-10-22-34(28-32)24-13-20-30(4-2)26-34/h30-33H,3-29H2,1-2H3. The first-order chi connectivity index (χ1) is 17.1. The van der Waals surface area contributed by atoms with E-state index in [-0.39, 0.29) is 0 Å². The zero-order valence-corrected chi connectivity index (χ0v) is 24.4. The Labute approximate surface area is 221 Å². The molecule has 2 spiro atoms. The third-order valence-electron chi connectivity index (χ3n) is 11.9. The van der Waals surface area contributed by atoms with Crippen molar-refractivity contribution in [3.05, 3.63) is 0 Å². The molecule has 0 heteroatoms. The molecule has 0 aromatic carbocycles. The number of unbranched alkanes of at least 4 members (excludes halogenated alkanes) is 1. The summed E-state index contributed by atoms with van der Waals surface area (Å²) in [4.78, 5) is 0. The van der Waals surface area contributed by atoms with Gasteiger partial charge in [-0.05, 0) is 85.9 Å². The van der Waals surface area contributed by atoms with Gasteiger partial charge in [-0.15, -0.1) is 0 Å². The summed E-state index contributed by atoms with van der Waals surface area (Å²) < 4.78 is 0. The van der Waals surface area contributed by atoms with Gasteiger partial charge in [0.2, 0.25) is 0 Å². The maximum absolute atomic E-state index is 2.46. The molecule has 0 amide bonds. The van der Waals surface area contributed by atoms with Crippen molar-refractivity contribution in [2.24, 2.45) is 34.5 Å². The highest BCUT2D eigenvalue weighted by Gasteiger charge is 2.39. The Morgan fingerprint density at radius 2 is 0.886 bits per heavy atom. The van der Waals surface area contributed by atoms with Gasteiger partial charge in [-0.2, -0.15) is 0 Å². The molecule has 35 heavy (non-hydrogen) atoms. The van der Waals surface area contributed by atoms with E-state index in [0.717, 1.165) is 34.5 Å². The van der Waals surface area contributed by atoms with Crippen LogP contribution < -0.4 is 0 Å². The summed E-state index contributed by atoms with van der Waals surface area (Å²) in [6.07, 6.45) is 41.7. The third kappa shape index (κ3) is 8.50. The maximum atomic E-state index is 2.46. The van der Waals surface area contributed by atoms with Gasteiger partial charge < -0.3 is 0 Å². The zero-order valence-electron chi connectivity index (χ0n) is 24.4. The Morgan fingerprint density at radius 1 is 0.457 bits per heavy atom. The average Bonchev–Trinajstić information content (AvgIpc) is 2.84. The van der Waals surface area contributed by atoms with Crippen molar-refractivity contribution in [3.8, 4) is 0 Å². The van der Waals surface area contributed by atoms with Crippen LogP contribution in [0.15, 0.2) is 0 Å². The highest BCUT2D eigenvalue weighted by atomic mass is 14.4. The molecule has 4 aliphatic rings. The molecule has 0 N–H and O–H groups in total. The minimum absolute atomic E-state index is 0.753. The Kier molecular flexibility index (Phi) is 11.4. The Balaban J connectivity index is 1.28. The van der Waals surface area contributed by atoms with Crippen molar-refractivity contribution in [1.29, 1.82) is 0 Å². The van der Waals surface area contributed by atoms with Crippen molar-refractivity contribution in [2.75, 3.05) is 0 Å². The maximum Gasteiger partial charge on any atom is -0.0292 e. The summed E-state index contributed by atoms with van der Waals surface area (Å²) in [7, 11) is 0. The van der Waals surface area contributed by atoms with Crippen LogP contribution in [0.25, 0.3) is 0 Å². The van der Waals surface area contributed by atoms with Crippen LogP contribution in [-0.2, 0) is 0 Å². The Hall–Kier alpha value is 0. The molecule has 0 radical (unpaired) electrons. The highest BCUT2D eigenvalue weighted by Crippen LogP contribution is 2.52. The van der Waals surface area contributed by atoms with Crippen molar-refractivity contribution < 1.29 is 0 Å². The van der Waals surface area contributed by atoms with Crippen LogP contribution in [0, 0.1) is 34.5 Å². The van der Waals surface area contributed by atoms with Gasteiger partial charge in [0.15, 0.2) is 0 Å². The number of rotatable bonds is 8.